The lowest BCUT2D eigenvalue weighted by Crippen LogP contribution is -2.35. The van der Waals surface area contributed by atoms with Gasteiger partial charge in [-0.25, -0.2) is 0 Å². The van der Waals surface area contributed by atoms with Crippen molar-refractivity contribution in [3.05, 3.63) is 58.1 Å². The van der Waals surface area contributed by atoms with Gasteiger partial charge in [0.2, 0.25) is 5.91 Å². The third kappa shape index (κ3) is 3.01. The molecule has 146 valence electrons. The molecule has 0 spiro atoms. The van der Waals surface area contributed by atoms with Crippen molar-refractivity contribution in [3.8, 4) is 11.3 Å². The van der Waals surface area contributed by atoms with Gasteiger partial charge in [0.1, 0.15) is 0 Å². The van der Waals surface area contributed by atoms with Crippen LogP contribution >= 0.6 is 23.2 Å². The molecule has 0 bridgehead atoms. The number of para-hydroxylation sites is 1. The Morgan fingerprint density at radius 2 is 1.93 bits per heavy atom. The van der Waals surface area contributed by atoms with Crippen molar-refractivity contribution in [2.24, 2.45) is 7.05 Å². The second-order valence-electron chi connectivity index (χ2n) is 7.58. The second kappa shape index (κ2) is 7.46. The van der Waals surface area contributed by atoms with Crippen molar-refractivity contribution in [3.63, 3.8) is 0 Å². The molecule has 1 fully saturated rings. The van der Waals surface area contributed by atoms with Gasteiger partial charge in [-0.15, -0.1) is 0 Å². The number of aromatic nitrogens is 1. The van der Waals surface area contributed by atoms with Crippen molar-refractivity contribution in [1.29, 1.82) is 0 Å². The van der Waals surface area contributed by atoms with E-state index in [9.17, 15) is 4.79 Å². The standard InChI is InChI=1S/C23H24Cl2N2O/c1-4-14(2)27-20(11-12-21(27)28)22-17-7-5-6-8-19(17)26(3)23(22)16-10-9-15(24)13-18(16)25/h5-10,13-14,20H,4,11-12H2,1-3H3/t14-,20+/m0/s1. The lowest BCUT2D eigenvalue weighted by molar-refractivity contribution is -0.131. The minimum Gasteiger partial charge on any atom is -0.343 e. The summed E-state index contributed by atoms with van der Waals surface area (Å²) in [6, 6.07) is 14.3. The SMILES string of the molecule is CC[C@H](C)N1C(=O)CC[C@@H]1c1c(-c2ccc(Cl)cc2Cl)n(C)c2ccccc12. The second-order valence-corrected chi connectivity index (χ2v) is 8.42. The van der Waals surface area contributed by atoms with Crippen molar-refractivity contribution < 1.29 is 4.79 Å². The fraction of sp³-hybridized carbons (Fsp3) is 0.348. The van der Waals surface area contributed by atoms with Gasteiger partial charge in [0.15, 0.2) is 0 Å². The van der Waals surface area contributed by atoms with Crippen LogP contribution in [0.4, 0.5) is 0 Å². The largest absolute Gasteiger partial charge is 0.343 e. The first-order valence-corrected chi connectivity index (χ1v) is 10.5. The first-order valence-electron chi connectivity index (χ1n) is 9.78. The van der Waals surface area contributed by atoms with E-state index in [2.05, 4.69) is 48.6 Å². The van der Waals surface area contributed by atoms with Crippen molar-refractivity contribution in [1.82, 2.24) is 9.47 Å². The van der Waals surface area contributed by atoms with Crippen molar-refractivity contribution >= 4 is 40.0 Å². The van der Waals surface area contributed by atoms with Gasteiger partial charge < -0.3 is 9.47 Å². The van der Waals surface area contributed by atoms with E-state index >= 15 is 0 Å². The zero-order valence-electron chi connectivity index (χ0n) is 16.4. The zero-order valence-corrected chi connectivity index (χ0v) is 17.9. The third-order valence-corrected chi connectivity index (χ3v) is 6.53. The van der Waals surface area contributed by atoms with Gasteiger partial charge >= 0.3 is 0 Å². The number of halogens is 2. The van der Waals surface area contributed by atoms with E-state index in [-0.39, 0.29) is 18.0 Å². The summed E-state index contributed by atoms with van der Waals surface area (Å²) in [6.07, 6.45) is 2.35. The number of nitrogens with zero attached hydrogens (tertiary/aromatic N) is 2. The number of hydrogen-bond donors (Lipinski definition) is 0. The first-order chi connectivity index (χ1) is 13.4. The molecule has 2 atom stereocenters. The Balaban J connectivity index is 2.01. The average molecular weight is 415 g/mol. The molecule has 0 saturated carbocycles. The van der Waals surface area contributed by atoms with E-state index < -0.39 is 0 Å². The molecule has 1 aliphatic heterocycles. The summed E-state index contributed by atoms with van der Waals surface area (Å²) in [5, 5.41) is 2.42. The normalized spacial score (nSPS) is 18.2. The van der Waals surface area contributed by atoms with Crippen LogP contribution in [0.3, 0.4) is 0 Å². The molecule has 2 heterocycles. The van der Waals surface area contributed by atoms with E-state index in [4.69, 9.17) is 23.2 Å². The highest BCUT2D eigenvalue weighted by Crippen LogP contribution is 2.46. The van der Waals surface area contributed by atoms with Gasteiger partial charge in [0.05, 0.1) is 16.8 Å². The molecule has 0 radical (unpaired) electrons. The molecule has 5 heteroatoms. The van der Waals surface area contributed by atoms with E-state index in [0.29, 0.717) is 16.5 Å². The third-order valence-electron chi connectivity index (χ3n) is 5.99. The molecule has 1 aliphatic rings. The monoisotopic (exact) mass is 414 g/mol. The molecule has 1 aromatic heterocycles. The van der Waals surface area contributed by atoms with Crippen LogP contribution in [0.15, 0.2) is 42.5 Å². The van der Waals surface area contributed by atoms with Crippen molar-refractivity contribution in [2.75, 3.05) is 0 Å². The average Bonchev–Trinajstić information content (AvgIpc) is 3.19. The summed E-state index contributed by atoms with van der Waals surface area (Å²) in [5.41, 5.74) is 4.34. The van der Waals surface area contributed by atoms with Crippen LogP contribution in [0.5, 0.6) is 0 Å². The molecule has 1 amide bonds. The first kappa shape index (κ1) is 19.4. The quantitative estimate of drug-likeness (QED) is 0.470. The Morgan fingerprint density at radius 3 is 2.64 bits per heavy atom. The van der Waals surface area contributed by atoms with Crippen LogP contribution in [0, 0.1) is 0 Å². The molecule has 0 aliphatic carbocycles. The predicted octanol–water partition coefficient (Wildman–Crippen LogP) is 6.61. The van der Waals surface area contributed by atoms with Gasteiger partial charge in [-0.3, -0.25) is 4.79 Å². The Labute approximate surface area is 175 Å². The van der Waals surface area contributed by atoms with E-state index in [1.54, 1.807) is 6.07 Å². The lowest BCUT2D eigenvalue weighted by Gasteiger charge is -2.31. The van der Waals surface area contributed by atoms with Gasteiger partial charge in [0.25, 0.3) is 0 Å². The van der Waals surface area contributed by atoms with Gasteiger partial charge in [-0.1, -0.05) is 48.3 Å². The lowest BCUT2D eigenvalue weighted by atomic mass is 9.96. The number of benzene rings is 2. The topological polar surface area (TPSA) is 25.2 Å². The summed E-state index contributed by atoms with van der Waals surface area (Å²) >= 11 is 12.8. The van der Waals surface area contributed by atoms with E-state index in [1.807, 2.05) is 18.2 Å². The minimum atomic E-state index is 0.0512. The van der Waals surface area contributed by atoms with Crippen LogP contribution in [0.25, 0.3) is 22.2 Å². The maximum Gasteiger partial charge on any atom is 0.223 e. The highest BCUT2D eigenvalue weighted by Gasteiger charge is 2.38. The summed E-state index contributed by atoms with van der Waals surface area (Å²) in [6.45, 7) is 4.27. The summed E-state index contributed by atoms with van der Waals surface area (Å²) in [5.74, 6) is 0.237. The molecule has 0 N–H and O–H groups in total. The molecule has 2 aromatic carbocycles. The van der Waals surface area contributed by atoms with Crippen LogP contribution in [0.1, 0.15) is 44.7 Å². The molecule has 1 saturated heterocycles. The summed E-state index contributed by atoms with van der Waals surface area (Å²) < 4.78 is 2.19. The Kier molecular flexibility index (Phi) is 5.15. The number of aryl methyl sites for hydroxylation is 1. The summed E-state index contributed by atoms with van der Waals surface area (Å²) in [4.78, 5) is 14.8. The van der Waals surface area contributed by atoms with Crippen LogP contribution < -0.4 is 0 Å². The number of rotatable bonds is 4. The van der Waals surface area contributed by atoms with Gasteiger partial charge in [-0.05, 0) is 44.0 Å². The van der Waals surface area contributed by atoms with Gasteiger partial charge in [-0.2, -0.15) is 0 Å². The van der Waals surface area contributed by atoms with Crippen LogP contribution in [-0.4, -0.2) is 21.4 Å². The van der Waals surface area contributed by atoms with E-state index in [1.165, 1.54) is 10.9 Å². The smallest absolute Gasteiger partial charge is 0.223 e. The summed E-state index contributed by atoms with van der Waals surface area (Å²) in [7, 11) is 2.07. The molecule has 28 heavy (non-hydrogen) atoms. The predicted molar refractivity (Wildman–Crippen MR) is 117 cm³/mol. The van der Waals surface area contributed by atoms with E-state index in [0.717, 1.165) is 29.6 Å². The Hall–Kier alpha value is -1.97. The van der Waals surface area contributed by atoms with Crippen molar-refractivity contribution in [2.45, 2.75) is 45.2 Å². The number of carbonyl (C=O) groups excluding carboxylic acids is 1. The molecular formula is C23H24Cl2N2O. The molecule has 4 rings (SSSR count). The minimum absolute atomic E-state index is 0.0512. The van der Waals surface area contributed by atoms with Gasteiger partial charge in [0, 0.05) is 46.6 Å². The molecule has 0 unspecified atom stereocenters. The Bertz CT molecular complexity index is 1060. The molecule has 3 aromatic rings. The van der Waals surface area contributed by atoms with Crippen LogP contribution in [0.2, 0.25) is 10.0 Å². The Morgan fingerprint density at radius 1 is 1.18 bits per heavy atom. The number of hydrogen-bond acceptors (Lipinski definition) is 1. The van der Waals surface area contributed by atoms with Crippen LogP contribution in [-0.2, 0) is 11.8 Å². The number of likely N-dealkylation sites (tertiary alicyclic amines) is 1. The molecule has 3 nitrogen and oxygen atoms in total. The fourth-order valence-corrected chi connectivity index (χ4v) is 5.00. The number of amides is 1. The fourth-order valence-electron chi connectivity index (χ4n) is 4.50. The number of fused-ring (bicyclic) bond motifs is 1. The molecular weight excluding hydrogens is 391 g/mol. The number of carbonyl (C=O) groups is 1. The maximum atomic E-state index is 12.7. The maximum absolute atomic E-state index is 12.7. The zero-order chi connectivity index (χ0) is 20.0. The highest BCUT2D eigenvalue weighted by atomic mass is 35.5. The highest BCUT2D eigenvalue weighted by molar-refractivity contribution is 6.36.